The van der Waals surface area contributed by atoms with E-state index in [-0.39, 0.29) is 0 Å². The highest BCUT2D eigenvalue weighted by molar-refractivity contribution is 6.32. The van der Waals surface area contributed by atoms with Crippen LogP contribution in [0.3, 0.4) is 0 Å². The van der Waals surface area contributed by atoms with Gasteiger partial charge in [-0.25, -0.2) is 0 Å². The van der Waals surface area contributed by atoms with Crippen LogP contribution in [-0.2, 0) is 11.3 Å². The summed E-state index contributed by atoms with van der Waals surface area (Å²) in [4.78, 5) is 0. The molecule has 0 aliphatic rings. The molecule has 1 aromatic rings. The zero-order valence-electron chi connectivity index (χ0n) is 12.0. The Labute approximate surface area is 121 Å². The molecule has 3 nitrogen and oxygen atoms in total. The van der Waals surface area contributed by atoms with Crippen LogP contribution < -0.4 is 10.1 Å². The van der Waals surface area contributed by atoms with Crippen molar-refractivity contribution in [2.45, 2.75) is 39.8 Å². The minimum Gasteiger partial charge on any atom is -0.492 e. The van der Waals surface area contributed by atoms with E-state index in [1.54, 1.807) is 0 Å². The van der Waals surface area contributed by atoms with Gasteiger partial charge >= 0.3 is 0 Å². The van der Waals surface area contributed by atoms with Crippen molar-refractivity contribution in [1.82, 2.24) is 5.32 Å². The maximum absolute atomic E-state index is 6.13. The molecular weight excluding hydrogens is 262 g/mol. The Morgan fingerprint density at radius 3 is 2.74 bits per heavy atom. The molecule has 0 atom stereocenters. The molecule has 0 saturated carbocycles. The largest absolute Gasteiger partial charge is 0.492 e. The van der Waals surface area contributed by atoms with E-state index >= 15 is 0 Å². The standard InChI is InChI=1S/C15H24ClNO2/c1-4-18-15-7-6-13(10-14(15)16)11-17-8-5-9-19-12(2)3/h6-7,10,12,17H,4-5,8-9,11H2,1-3H3. The van der Waals surface area contributed by atoms with Crippen LogP contribution >= 0.6 is 11.6 Å². The molecule has 108 valence electrons. The molecule has 0 aromatic heterocycles. The highest BCUT2D eigenvalue weighted by atomic mass is 35.5. The lowest BCUT2D eigenvalue weighted by molar-refractivity contribution is 0.0770. The van der Waals surface area contributed by atoms with Gasteiger partial charge in [0.25, 0.3) is 0 Å². The van der Waals surface area contributed by atoms with Crippen LogP contribution in [0.15, 0.2) is 18.2 Å². The van der Waals surface area contributed by atoms with E-state index < -0.39 is 0 Å². The Bertz CT molecular complexity index is 369. The smallest absolute Gasteiger partial charge is 0.137 e. The van der Waals surface area contributed by atoms with Crippen molar-refractivity contribution in [2.24, 2.45) is 0 Å². The van der Waals surface area contributed by atoms with Gasteiger partial charge in [-0.2, -0.15) is 0 Å². The third-order valence-corrected chi connectivity index (χ3v) is 2.87. The van der Waals surface area contributed by atoms with Crippen molar-refractivity contribution in [2.75, 3.05) is 19.8 Å². The van der Waals surface area contributed by atoms with Gasteiger partial charge in [0.1, 0.15) is 5.75 Å². The van der Waals surface area contributed by atoms with Crippen molar-refractivity contribution >= 4 is 11.6 Å². The van der Waals surface area contributed by atoms with E-state index in [4.69, 9.17) is 21.1 Å². The lowest BCUT2D eigenvalue weighted by Crippen LogP contribution is -2.17. The van der Waals surface area contributed by atoms with E-state index in [1.165, 1.54) is 5.56 Å². The highest BCUT2D eigenvalue weighted by Gasteiger charge is 2.02. The number of halogens is 1. The van der Waals surface area contributed by atoms with E-state index in [0.29, 0.717) is 17.7 Å². The molecule has 0 amide bonds. The van der Waals surface area contributed by atoms with Gasteiger partial charge in [-0.3, -0.25) is 0 Å². The minimum absolute atomic E-state index is 0.310. The third kappa shape index (κ3) is 6.81. The number of benzene rings is 1. The SMILES string of the molecule is CCOc1ccc(CNCCCOC(C)C)cc1Cl. The fourth-order valence-electron chi connectivity index (χ4n) is 1.68. The molecule has 0 fully saturated rings. The summed E-state index contributed by atoms with van der Waals surface area (Å²) in [6.45, 7) is 9.24. The topological polar surface area (TPSA) is 30.5 Å². The molecule has 1 aromatic carbocycles. The van der Waals surface area contributed by atoms with Gasteiger partial charge in [0.2, 0.25) is 0 Å². The van der Waals surface area contributed by atoms with Gasteiger partial charge in [-0.1, -0.05) is 17.7 Å². The summed E-state index contributed by atoms with van der Waals surface area (Å²) < 4.78 is 10.9. The maximum atomic E-state index is 6.13. The van der Waals surface area contributed by atoms with Crippen molar-refractivity contribution in [3.63, 3.8) is 0 Å². The number of hydrogen-bond donors (Lipinski definition) is 1. The van der Waals surface area contributed by atoms with Gasteiger partial charge in [-0.15, -0.1) is 0 Å². The molecule has 0 aliphatic carbocycles. The van der Waals surface area contributed by atoms with Crippen LogP contribution in [0.5, 0.6) is 5.75 Å². The molecule has 0 heterocycles. The first-order chi connectivity index (χ1) is 9.13. The zero-order chi connectivity index (χ0) is 14.1. The second kappa shape index (κ2) is 9.18. The van der Waals surface area contributed by atoms with Crippen LogP contribution in [0.4, 0.5) is 0 Å². The molecule has 0 aliphatic heterocycles. The Balaban J connectivity index is 2.24. The van der Waals surface area contributed by atoms with Crippen molar-refractivity contribution in [3.05, 3.63) is 28.8 Å². The Hall–Kier alpha value is -0.770. The summed E-state index contributed by atoms with van der Waals surface area (Å²) in [6, 6.07) is 5.91. The molecule has 4 heteroatoms. The fraction of sp³-hybridized carbons (Fsp3) is 0.600. The van der Waals surface area contributed by atoms with Crippen LogP contribution in [0.2, 0.25) is 5.02 Å². The molecule has 19 heavy (non-hydrogen) atoms. The van der Waals surface area contributed by atoms with Crippen LogP contribution in [-0.4, -0.2) is 25.9 Å². The predicted octanol–water partition coefficient (Wildman–Crippen LogP) is 3.64. The molecule has 1 N–H and O–H groups in total. The van der Waals surface area contributed by atoms with Crippen molar-refractivity contribution in [1.29, 1.82) is 0 Å². The summed E-state index contributed by atoms with van der Waals surface area (Å²) in [5.41, 5.74) is 1.17. The number of hydrogen-bond acceptors (Lipinski definition) is 3. The quantitative estimate of drug-likeness (QED) is 0.703. The third-order valence-electron chi connectivity index (χ3n) is 2.57. The average Bonchev–Trinajstić information content (AvgIpc) is 2.36. The highest BCUT2D eigenvalue weighted by Crippen LogP contribution is 2.25. The van der Waals surface area contributed by atoms with Crippen molar-refractivity contribution in [3.8, 4) is 5.75 Å². The summed E-state index contributed by atoms with van der Waals surface area (Å²) in [5.74, 6) is 0.748. The molecule has 0 saturated heterocycles. The van der Waals surface area contributed by atoms with Crippen molar-refractivity contribution < 1.29 is 9.47 Å². The first kappa shape index (κ1) is 16.3. The van der Waals surface area contributed by atoms with E-state index in [9.17, 15) is 0 Å². The van der Waals surface area contributed by atoms with Gasteiger partial charge in [-0.05, 0) is 51.4 Å². The summed E-state index contributed by atoms with van der Waals surface area (Å²) in [5, 5.41) is 4.05. The first-order valence-corrected chi connectivity index (χ1v) is 7.24. The Morgan fingerprint density at radius 1 is 1.32 bits per heavy atom. The second-order valence-corrected chi connectivity index (χ2v) is 5.05. The van der Waals surface area contributed by atoms with E-state index in [1.807, 2.05) is 25.1 Å². The molecule has 0 radical (unpaired) electrons. The van der Waals surface area contributed by atoms with Gasteiger partial charge < -0.3 is 14.8 Å². The maximum Gasteiger partial charge on any atom is 0.137 e. The fourth-order valence-corrected chi connectivity index (χ4v) is 1.93. The molecule has 0 unspecified atom stereocenters. The van der Waals surface area contributed by atoms with Gasteiger partial charge in [0.05, 0.1) is 17.7 Å². The summed E-state index contributed by atoms with van der Waals surface area (Å²) in [7, 11) is 0. The normalized spacial score (nSPS) is 11.0. The van der Waals surface area contributed by atoms with E-state index in [2.05, 4.69) is 19.2 Å². The Morgan fingerprint density at radius 2 is 2.11 bits per heavy atom. The number of ether oxygens (including phenoxy) is 2. The van der Waals surface area contributed by atoms with Crippen LogP contribution in [0.25, 0.3) is 0 Å². The molecule has 1 rings (SSSR count). The first-order valence-electron chi connectivity index (χ1n) is 6.87. The molecule has 0 bridgehead atoms. The Kier molecular flexibility index (Phi) is 7.87. The average molecular weight is 286 g/mol. The lowest BCUT2D eigenvalue weighted by atomic mass is 10.2. The van der Waals surface area contributed by atoms with Crippen LogP contribution in [0.1, 0.15) is 32.8 Å². The minimum atomic E-state index is 0.310. The molecule has 0 spiro atoms. The van der Waals surface area contributed by atoms with Gasteiger partial charge in [0.15, 0.2) is 0 Å². The lowest BCUT2D eigenvalue weighted by Gasteiger charge is -2.10. The van der Waals surface area contributed by atoms with Crippen LogP contribution in [0, 0.1) is 0 Å². The molecular formula is C15H24ClNO2. The summed E-state index contributed by atoms with van der Waals surface area (Å²) in [6.07, 6.45) is 1.33. The second-order valence-electron chi connectivity index (χ2n) is 4.65. The summed E-state index contributed by atoms with van der Waals surface area (Å²) >= 11 is 6.13. The monoisotopic (exact) mass is 285 g/mol. The van der Waals surface area contributed by atoms with Gasteiger partial charge in [0, 0.05) is 13.2 Å². The predicted molar refractivity (Wildman–Crippen MR) is 80.0 cm³/mol. The number of rotatable bonds is 9. The number of nitrogens with one attached hydrogen (secondary N) is 1. The zero-order valence-corrected chi connectivity index (χ0v) is 12.8. The van der Waals surface area contributed by atoms with E-state index in [0.717, 1.165) is 31.9 Å².